The van der Waals surface area contributed by atoms with E-state index in [1.807, 2.05) is 72.8 Å². The Labute approximate surface area is 167 Å². The van der Waals surface area contributed by atoms with Gasteiger partial charge in [-0.3, -0.25) is 4.98 Å². The van der Waals surface area contributed by atoms with Crippen molar-refractivity contribution in [1.29, 1.82) is 0 Å². The SMILES string of the molecule is S=c1[nH]nc(-c2ccccn2)n1/N=C/c1cccc(OCc2ccccc2)c1. The molecule has 2 heterocycles. The van der Waals surface area contributed by atoms with Crippen LogP contribution in [0, 0.1) is 4.77 Å². The number of rotatable bonds is 6. The summed E-state index contributed by atoms with van der Waals surface area (Å²) in [5.41, 5.74) is 2.69. The molecule has 2 aromatic heterocycles. The van der Waals surface area contributed by atoms with Crippen LogP contribution in [0.25, 0.3) is 11.5 Å². The van der Waals surface area contributed by atoms with Crippen molar-refractivity contribution in [2.45, 2.75) is 6.61 Å². The van der Waals surface area contributed by atoms with Crippen LogP contribution >= 0.6 is 12.2 Å². The number of nitrogens with one attached hydrogen (secondary N) is 1. The Balaban J connectivity index is 1.53. The van der Waals surface area contributed by atoms with Gasteiger partial charge in [-0.1, -0.05) is 48.5 Å². The first-order valence-electron chi connectivity index (χ1n) is 8.69. The predicted molar refractivity (Wildman–Crippen MR) is 111 cm³/mol. The van der Waals surface area contributed by atoms with E-state index in [-0.39, 0.29) is 0 Å². The number of pyridine rings is 1. The summed E-state index contributed by atoms with van der Waals surface area (Å²) < 4.78 is 7.82. The van der Waals surface area contributed by atoms with Crippen molar-refractivity contribution < 1.29 is 4.74 Å². The van der Waals surface area contributed by atoms with Gasteiger partial charge in [0.15, 0.2) is 0 Å². The highest BCUT2D eigenvalue weighted by Gasteiger charge is 2.08. The van der Waals surface area contributed by atoms with Crippen molar-refractivity contribution in [3.05, 3.63) is 94.9 Å². The normalized spacial score (nSPS) is 11.0. The average molecular weight is 387 g/mol. The van der Waals surface area contributed by atoms with Gasteiger partial charge in [0, 0.05) is 6.20 Å². The molecule has 0 amide bonds. The van der Waals surface area contributed by atoms with Crippen molar-refractivity contribution in [2.24, 2.45) is 5.10 Å². The molecule has 0 spiro atoms. The molecule has 2 aromatic carbocycles. The maximum Gasteiger partial charge on any atom is 0.216 e. The Morgan fingerprint density at radius 1 is 1.04 bits per heavy atom. The minimum Gasteiger partial charge on any atom is -0.489 e. The summed E-state index contributed by atoms with van der Waals surface area (Å²) in [6, 6.07) is 23.4. The van der Waals surface area contributed by atoms with Crippen LogP contribution in [0.5, 0.6) is 5.75 Å². The van der Waals surface area contributed by atoms with E-state index in [2.05, 4.69) is 20.3 Å². The van der Waals surface area contributed by atoms with Crippen LogP contribution in [-0.4, -0.2) is 26.1 Å². The molecule has 0 saturated carbocycles. The largest absolute Gasteiger partial charge is 0.489 e. The topological polar surface area (TPSA) is 68.1 Å². The zero-order chi connectivity index (χ0) is 19.2. The van der Waals surface area contributed by atoms with Gasteiger partial charge < -0.3 is 4.74 Å². The molecule has 1 N–H and O–H groups in total. The van der Waals surface area contributed by atoms with Gasteiger partial charge in [-0.15, -0.1) is 0 Å². The molecule has 138 valence electrons. The second-order valence-corrected chi connectivity index (χ2v) is 6.36. The number of ether oxygens (including phenoxy) is 1. The van der Waals surface area contributed by atoms with Crippen LogP contribution in [-0.2, 0) is 6.61 Å². The number of aromatic amines is 1. The number of aromatic nitrogens is 4. The lowest BCUT2D eigenvalue weighted by molar-refractivity contribution is 0.306. The molecule has 6 nitrogen and oxygen atoms in total. The molecule has 0 unspecified atom stereocenters. The van der Waals surface area contributed by atoms with Crippen LogP contribution in [0.4, 0.5) is 0 Å². The Morgan fingerprint density at radius 2 is 1.89 bits per heavy atom. The third-order valence-electron chi connectivity index (χ3n) is 3.97. The molecule has 0 bridgehead atoms. The fourth-order valence-corrected chi connectivity index (χ4v) is 2.79. The number of hydrogen-bond donors (Lipinski definition) is 1. The lowest BCUT2D eigenvalue weighted by atomic mass is 10.2. The highest BCUT2D eigenvalue weighted by Crippen LogP contribution is 2.16. The molecule has 4 rings (SSSR count). The van der Waals surface area contributed by atoms with E-state index in [1.165, 1.54) is 0 Å². The van der Waals surface area contributed by atoms with E-state index < -0.39 is 0 Å². The minimum absolute atomic E-state index is 0.397. The highest BCUT2D eigenvalue weighted by atomic mass is 32.1. The van der Waals surface area contributed by atoms with Gasteiger partial charge in [-0.25, -0.2) is 5.10 Å². The average Bonchev–Trinajstić information content (AvgIpc) is 3.13. The molecule has 7 heteroatoms. The van der Waals surface area contributed by atoms with Crippen LogP contribution in [0.2, 0.25) is 0 Å². The van der Waals surface area contributed by atoms with Crippen molar-refractivity contribution in [3.63, 3.8) is 0 Å². The van der Waals surface area contributed by atoms with Crippen LogP contribution in [0.1, 0.15) is 11.1 Å². The Morgan fingerprint density at radius 3 is 2.71 bits per heavy atom. The van der Waals surface area contributed by atoms with E-state index in [0.29, 0.717) is 22.9 Å². The van der Waals surface area contributed by atoms with E-state index in [1.54, 1.807) is 17.1 Å². The van der Waals surface area contributed by atoms with Crippen molar-refractivity contribution >= 4 is 18.4 Å². The molecule has 0 aliphatic heterocycles. The quantitative estimate of drug-likeness (QED) is 0.392. The second kappa shape index (κ2) is 8.41. The standard InChI is InChI=1S/C21H17N5OS/c28-21-25-24-20(19-11-4-5-12-22-19)26(21)23-14-17-9-6-10-18(13-17)27-15-16-7-2-1-3-8-16/h1-14H,15H2,(H,25,28)/b23-14+. The van der Waals surface area contributed by atoms with Gasteiger partial charge in [-0.05, 0) is 47.6 Å². The molecule has 0 aliphatic rings. The van der Waals surface area contributed by atoms with Crippen LogP contribution < -0.4 is 4.74 Å². The smallest absolute Gasteiger partial charge is 0.216 e. The predicted octanol–water partition coefficient (Wildman–Crippen LogP) is 4.46. The van der Waals surface area contributed by atoms with E-state index in [9.17, 15) is 0 Å². The highest BCUT2D eigenvalue weighted by molar-refractivity contribution is 7.71. The summed E-state index contributed by atoms with van der Waals surface area (Å²) in [5.74, 6) is 1.33. The fraction of sp³-hybridized carbons (Fsp3) is 0.0476. The molecular formula is C21H17N5OS. The van der Waals surface area contributed by atoms with E-state index in [0.717, 1.165) is 16.9 Å². The van der Waals surface area contributed by atoms with Crippen molar-refractivity contribution in [1.82, 2.24) is 19.9 Å². The Kier molecular flexibility index (Phi) is 5.35. The van der Waals surface area contributed by atoms with E-state index >= 15 is 0 Å². The third-order valence-corrected chi connectivity index (χ3v) is 4.24. The van der Waals surface area contributed by atoms with Gasteiger partial charge in [0.2, 0.25) is 10.6 Å². The summed E-state index contributed by atoms with van der Waals surface area (Å²) in [6.45, 7) is 0.512. The minimum atomic E-state index is 0.397. The third kappa shape index (κ3) is 4.21. The van der Waals surface area contributed by atoms with Gasteiger partial charge >= 0.3 is 0 Å². The maximum absolute atomic E-state index is 5.87. The lowest BCUT2D eigenvalue weighted by Gasteiger charge is -2.06. The molecule has 0 saturated heterocycles. The monoisotopic (exact) mass is 387 g/mol. The van der Waals surface area contributed by atoms with Gasteiger partial charge in [-0.2, -0.15) is 14.9 Å². The molecule has 0 aliphatic carbocycles. The number of H-pyrrole nitrogens is 1. The number of nitrogens with zero attached hydrogens (tertiary/aromatic N) is 4. The molecule has 0 radical (unpaired) electrons. The summed E-state index contributed by atoms with van der Waals surface area (Å²) in [7, 11) is 0. The zero-order valence-electron chi connectivity index (χ0n) is 14.9. The zero-order valence-corrected chi connectivity index (χ0v) is 15.7. The van der Waals surface area contributed by atoms with Gasteiger partial charge in [0.05, 0.1) is 6.21 Å². The number of benzene rings is 2. The summed E-state index contributed by atoms with van der Waals surface area (Å²) in [5, 5.41) is 11.5. The fourth-order valence-electron chi connectivity index (χ4n) is 2.61. The van der Waals surface area contributed by atoms with Gasteiger partial charge in [0.1, 0.15) is 18.1 Å². The van der Waals surface area contributed by atoms with Crippen molar-refractivity contribution in [3.8, 4) is 17.3 Å². The summed E-state index contributed by atoms with van der Waals surface area (Å²) in [4.78, 5) is 4.30. The Hall–Kier alpha value is -3.58. The Bertz CT molecular complexity index is 1140. The maximum atomic E-state index is 5.87. The molecule has 28 heavy (non-hydrogen) atoms. The second-order valence-electron chi connectivity index (χ2n) is 5.97. The first-order valence-corrected chi connectivity index (χ1v) is 9.10. The summed E-state index contributed by atoms with van der Waals surface area (Å²) in [6.07, 6.45) is 3.42. The molecule has 0 fully saturated rings. The lowest BCUT2D eigenvalue weighted by Crippen LogP contribution is -1.97. The van der Waals surface area contributed by atoms with Gasteiger partial charge in [0.25, 0.3) is 0 Å². The van der Waals surface area contributed by atoms with Crippen LogP contribution in [0.3, 0.4) is 0 Å². The first kappa shape index (κ1) is 17.8. The van der Waals surface area contributed by atoms with Crippen molar-refractivity contribution in [2.75, 3.05) is 0 Å². The van der Waals surface area contributed by atoms with Crippen LogP contribution in [0.15, 0.2) is 84.1 Å². The molecule has 0 atom stereocenters. The molecular weight excluding hydrogens is 370 g/mol. The molecule has 4 aromatic rings. The first-order chi connectivity index (χ1) is 13.8. The number of hydrogen-bond acceptors (Lipinski definition) is 5. The summed E-state index contributed by atoms with van der Waals surface area (Å²) >= 11 is 5.29. The van der Waals surface area contributed by atoms with E-state index in [4.69, 9.17) is 17.0 Å².